The Kier molecular flexibility index (Phi) is 7.78. The molecule has 0 N–H and O–H groups in total. The average Bonchev–Trinajstić information content (AvgIpc) is 2.75. The van der Waals surface area contributed by atoms with Crippen LogP contribution >= 0.6 is 39.1 Å². The molecular weight excluding hydrogens is 501 g/mol. The molecule has 0 aliphatic rings. The molecule has 3 rings (SSSR count). The third-order valence-electron chi connectivity index (χ3n) is 5.12. The van der Waals surface area contributed by atoms with Crippen LogP contribution in [-0.2, 0) is 0 Å². The molecule has 0 spiro atoms. The Labute approximate surface area is 200 Å². The summed E-state index contributed by atoms with van der Waals surface area (Å²) < 4.78 is 7.97. The molecular formula is C23H24BrCl2N3O2. The fourth-order valence-electron chi connectivity index (χ4n) is 2.95. The van der Waals surface area contributed by atoms with Gasteiger partial charge in [-0.25, -0.2) is 4.98 Å². The van der Waals surface area contributed by atoms with Gasteiger partial charge < -0.3 is 4.74 Å². The van der Waals surface area contributed by atoms with Crippen molar-refractivity contribution in [1.29, 1.82) is 0 Å². The number of hydrogen-bond donors (Lipinski definition) is 0. The third kappa shape index (κ3) is 5.30. The van der Waals surface area contributed by atoms with Gasteiger partial charge in [-0.2, -0.15) is 9.78 Å². The summed E-state index contributed by atoms with van der Waals surface area (Å²) in [6, 6.07) is 8.89. The fourth-order valence-corrected chi connectivity index (χ4v) is 3.91. The minimum atomic E-state index is -0.230. The van der Waals surface area contributed by atoms with Crippen LogP contribution in [0.25, 0.3) is 10.9 Å². The van der Waals surface area contributed by atoms with Crippen LogP contribution < -0.4 is 10.3 Å². The van der Waals surface area contributed by atoms with Crippen molar-refractivity contribution in [2.45, 2.75) is 52.6 Å². The van der Waals surface area contributed by atoms with Gasteiger partial charge in [-0.3, -0.25) is 4.79 Å². The molecule has 0 aliphatic heterocycles. The van der Waals surface area contributed by atoms with E-state index in [1.807, 2.05) is 39.8 Å². The first-order valence-electron chi connectivity index (χ1n) is 10.2. The Balaban J connectivity index is 2.08. The van der Waals surface area contributed by atoms with Gasteiger partial charge in [0.25, 0.3) is 5.56 Å². The van der Waals surface area contributed by atoms with Crippen LogP contribution in [0.4, 0.5) is 0 Å². The highest BCUT2D eigenvalue weighted by molar-refractivity contribution is 9.10. The topological polar surface area (TPSA) is 56.5 Å². The van der Waals surface area contributed by atoms with Crippen molar-refractivity contribution in [3.63, 3.8) is 0 Å². The first kappa shape index (κ1) is 23.8. The van der Waals surface area contributed by atoms with Crippen molar-refractivity contribution in [1.82, 2.24) is 9.66 Å². The average molecular weight is 525 g/mol. The number of fused-ring (bicyclic) bond motifs is 1. The van der Waals surface area contributed by atoms with Crippen LogP contribution in [0, 0.1) is 0 Å². The van der Waals surface area contributed by atoms with Crippen molar-refractivity contribution in [2.24, 2.45) is 5.10 Å². The van der Waals surface area contributed by atoms with E-state index in [9.17, 15) is 4.79 Å². The number of ether oxygens (including phenoxy) is 1. The molecule has 0 aliphatic carbocycles. The molecule has 0 saturated heterocycles. The zero-order chi connectivity index (χ0) is 22.7. The summed E-state index contributed by atoms with van der Waals surface area (Å²) in [6.07, 6.45) is 3.21. The molecule has 31 heavy (non-hydrogen) atoms. The van der Waals surface area contributed by atoms with Gasteiger partial charge in [0.05, 0.1) is 33.3 Å². The van der Waals surface area contributed by atoms with Crippen LogP contribution in [0.2, 0.25) is 10.0 Å². The predicted molar refractivity (Wildman–Crippen MR) is 132 cm³/mol. The molecule has 0 unspecified atom stereocenters. The van der Waals surface area contributed by atoms with Crippen molar-refractivity contribution in [3.8, 4) is 5.75 Å². The molecule has 164 valence electrons. The molecule has 0 fully saturated rings. The first-order chi connectivity index (χ1) is 14.7. The predicted octanol–water partition coefficient (Wildman–Crippen LogP) is 7.04. The van der Waals surface area contributed by atoms with E-state index in [0.717, 1.165) is 17.3 Å². The van der Waals surface area contributed by atoms with Gasteiger partial charge in [-0.1, -0.05) is 59.9 Å². The van der Waals surface area contributed by atoms with Crippen LogP contribution in [-0.4, -0.2) is 22.0 Å². The zero-order valence-electron chi connectivity index (χ0n) is 17.8. The van der Waals surface area contributed by atoms with Crippen LogP contribution in [0.1, 0.15) is 57.8 Å². The quantitative estimate of drug-likeness (QED) is 0.311. The van der Waals surface area contributed by atoms with Gasteiger partial charge >= 0.3 is 0 Å². The third-order valence-corrected chi connectivity index (χ3v) is 6.18. The molecule has 2 aromatic carbocycles. The SMILES string of the molecule is CC[C@H](C)Oc1c(Cl)cc(C=Nn2c([C@@H](C)CC)nc3ccc(Br)cc3c2=O)cc1Cl. The minimum absolute atomic E-state index is 0.00539. The van der Waals surface area contributed by atoms with E-state index in [1.54, 1.807) is 24.4 Å². The molecule has 2 atom stereocenters. The lowest BCUT2D eigenvalue weighted by molar-refractivity contribution is 0.218. The molecule has 1 aromatic heterocycles. The Morgan fingerprint density at radius 2 is 1.84 bits per heavy atom. The van der Waals surface area contributed by atoms with Crippen molar-refractivity contribution in [2.75, 3.05) is 0 Å². The smallest absolute Gasteiger partial charge is 0.282 e. The van der Waals surface area contributed by atoms with E-state index < -0.39 is 0 Å². The van der Waals surface area contributed by atoms with E-state index in [0.29, 0.717) is 38.1 Å². The zero-order valence-corrected chi connectivity index (χ0v) is 20.9. The number of aromatic nitrogens is 2. The Morgan fingerprint density at radius 3 is 2.45 bits per heavy atom. The van der Waals surface area contributed by atoms with E-state index in [-0.39, 0.29) is 17.6 Å². The molecule has 8 heteroatoms. The maximum Gasteiger partial charge on any atom is 0.282 e. The monoisotopic (exact) mass is 523 g/mol. The normalized spacial score (nSPS) is 13.6. The lowest BCUT2D eigenvalue weighted by atomic mass is 10.1. The maximum absolute atomic E-state index is 13.2. The number of halogens is 3. The largest absolute Gasteiger partial charge is 0.488 e. The molecule has 0 saturated carbocycles. The summed E-state index contributed by atoms with van der Waals surface area (Å²) in [5.41, 5.74) is 1.07. The Hall–Kier alpha value is -1.89. The van der Waals surface area contributed by atoms with Crippen molar-refractivity contribution >= 4 is 56.2 Å². The summed E-state index contributed by atoms with van der Waals surface area (Å²) in [6.45, 7) is 8.05. The number of nitrogens with zero attached hydrogens (tertiary/aromatic N) is 3. The summed E-state index contributed by atoms with van der Waals surface area (Å²) in [4.78, 5) is 17.9. The number of rotatable bonds is 7. The maximum atomic E-state index is 13.2. The molecule has 3 aromatic rings. The van der Waals surface area contributed by atoms with E-state index >= 15 is 0 Å². The van der Waals surface area contributed by atoms with Gasteiger partial charge in [0, 0.05) is 10.4 Å². The second-order valence-corrected chi connectivity index (χ2v) is 9.18. The van der Waals surface area contributed by atoms with Gasteiger partial charge in [0.15, 0.2) is 5.75 Å². The molecule has 0 bridgehead atoms. The van der Waals surface area contributed by atoms with Gasteiger partial charge in [-0.05, 0) is 55.7 Å². The van der Waals surface area contributed by atoms with Crippen LogP contribution in [0.5, 0.6) is 5.75 Å². The molecule has 0 radical (unpaired) electrons. The highest BCUT2D eigenvalue weighted by Gasteiger charge is 2.16. The second-order valence-electron chi connectivity index (χ2n) is 7.45. The Morgan fingerprint density at radius 1 is 1.16 bits per heavy atom. The Bertz CT molecular complexity index is 1170. The highest BCUT2D eigenvalue weighted by Crippen LogP contribution is 2.35. The highest BCUT2D eigenvalue weighted by atomic mass is 79.9. The van der Waals surface area contributed by atoms with Crippen molar-refractivity contribution < 1.29 is 4.74 Å². The summed E-state index contributed by atoms with van der Waals surface area (Å²) in [5, 5.41) is 5.74. The standard InChI is InChI=1S/C23H24BrCl2N3O2/c1-5-13(3)22-28-20-8-7-16(24)11-17(20)23(30)29(22)27-12-15-9-18(25)21(19(26)10-15)31-14(4)6-2/h7-14H,5-6H2,1-4H3/t13-,14-/m0/s1. The number of hydrogen-bond acceptors (Lipinski definition) is 4. The molecule has 5 nitrogen and oxygen atoms in total. The lowest BCUT2D eigenvalue weighted by Crippen LogP contribution is -2.23. The van der Waals surface area contributed by atoms with E-state index in [2.05, 4.69) is 21.0 Å². The fraction of sp³-hybridized carbons (Fsp3) is 0.348. The van der Waals surface area contributed by atoms with Gasteiger partial charge in [-0.15, -0.1) is 0 Å². The lowest BCUT2D eigenvalue weighted by Gasteiger charge is -2.16. The second kappa shape index (κ2) is 10.2. The van der Waals surface area contributed by atoms with Crippen molar-refractivity contribution in [3.05, 3.63) is 66.6 Å². The van der Waals surface area contributed by atoms with Crippen LogP contribution in [0.15, 0.2) is 44.7 Å². The summed E-state index contributed by atoms with van der Waals surface area (Å²) >= 11 is 16.2. The van der Waals surface area contributed by atoms with Gasteiger partial charge in [0.1, 0.15) is 5.82 Å². The first-order valence-corrected chi connectivity index (χ1v) is 11.7. The van der Waals surface area contributed by atoms with Gasteiger partial charge in [0.2, 0.25) is 0 Å². The summed E-state index contributed by atoms with van der Waals surface area (Å²) in [7, 11) is 0. The summed E-state index contributed by atoms with van der Waals surface area (Å²) in [5.74, 6) is 1.10. The van der Waals surface area contributed by atoms with E-state index in [4.69, 9.17) is 32.9 Å². The molecule has 1 heterocycles. The molecule has 0 amide bonds. The van der Waals surface area contributed by atoms with E-state index in [1.165, 1.54) is 4.68 Å². The minimum Gasteiger partial charge on any atom is -0.488 e. The number of benzene rings is 2. The van der Waals surface area contributed by atoms with Crippen LogP contribution in [0.3, 0.4) is 0 Å².